The van der Waals surface area contributed by atoms with Crippen LogP contribution in [0.25, 0.3) is 0 Å². The monoisotopic (exact) mass is 498 g/mol. The van der Waals surface area contributed by atoms with E-state index in [1.807, 2.05) is 0 Å². The second-order valence-electron chi connectivity index (χ2n) is 7.83. The molecule has 0 aliphatic carbocycles. The van der Waals surface area contributed by atoms with Gasteiger partial charge in [-0.1, -0.05) is 11.6 Å². The molecule has 1 unspecified atom stereocenters. The van der Waals surface area contributed by atoms with Crippen molar-refractivity contribution in [3.05, 3.63) is 35.2 Å². The zero-order valence-electron chi connectivity index (χ0n) is 18.9. The quantitative estimate of drug-likeness (QED) is 0.582. The predicted molar refractivity (Wildman–Crippen MR) is 122 cm³/mol. The van der Waals surface area contributed by atoms with E-state index < -0.39 is 33.9 Å². The van der Waals surface area contributed by atoms with Crippen LogP contribution in [0, 0.1) is 12.8 Å². The van der Waals surface area contributed by atoms with Gasteiger partial charge in [0.05, 0.1) is 18.7 Å². The number of imidazole rings is 1. The summed E-state index contributed by atoms with van der Waals surface area (Å²) in [5.74, 6) is -0.564. The Balaban J connectivity index is 1.55. The zero-order valence-corrected chi connectivity index (χ0v) is 20.4. The molecular formula is C21H27ClN4O6S. The Bertz CT molecular complexity index is 1120. The van der Waals surface area contributed by atoms with Crippen LogP contribution >= 0.6 is 11.6 Å². The number of benzene rings is 1. The molecule has 0 bridgehead atoms. The molecule has 10 nitrogen and oxygen atoms in total. The average Bonchev–Trinajstić information content (AvgIpc) is 3.13. The van der Waals surface area contributed by atoms with Gasteiger partial charge in [-0.15, -0.1) is 0 Å². The molecule has 1 N–H and O–H groups in total. The van der Waals surface area contributed by atoms with Gasteiger partial charge in [0.2, 0.25) is 0 Å². The SMILES string of the molecule is COc1ccc(Cl)cc1NC(=O)C(C)OC(=O)C1CCN(S(=O)(=O)c2cn(C)c(C)n2)CC1. The Morgan fingerprint density at radius 2 is 1.94 bits per heavy atom. The lowest BCUT2D eigenvalue weighted by molar-refractivity contribution is -0.158. The summed E-state index contributed by atoms with van der Waals surface area (Å²) in [5, 5.41) is 3.05. The number of rotatable bonds is 7. The van der Waals surface area contributed by atoms with Crippen molar-refractivity contribution < 1.29 is 27.5 Å². The van der Waals surface area contributed by atoms with Crippen LogP contribution in [0.5, 0.6) is 5.75 Å². The lowest BCUT2D eigenvalue weighted by Crippen LogP contribution is -2.41. The number of sulfonamides is 1. The molecule has 1 fully saturated rings. The molecule has 1 aromatic carbocycles. The summed E-state index contributed by atoms with van der Waals surface area (Å²) in [5.41, 5.74) is 0.362. The van der Waals surface area contributed by atoms with E-state index in [9.17, 15) is 18.0 Å². The van der Waals surface area contributed by atoms with E-state index in [2.05, 4.69) is 10.3 Å². The van der Waals surface area contributed by atoms with E-state index in [1.165, 1.54) is 30.6 Å². The van der Waals surface area contributed by atoms with E-state index in [0.29, 0.717) is 35.1 Å². The third-order valence-electron chi connectivity index (χ3n) is 5.56. The number of nitrogens with one attached hydrogen (secondary N) is 1. The van der Waals surface area contributed by atoms with Crippen molar-refractivity contribution in [2.24, 2.45) is 13.0 Å². The second kappa shape index (κ2) is 10.1. The highest BCUT2D eigenvalue weighted by Crippen LogP contribution is 2.28. The van der Waals surface area contributed by atoms with Gasteiger partial charge in [0.15, 0.2) is 11.1 Å². The van der Waals surface area contributed by atoms with Gasteiger partial charge in [-0.2, -0.15) is 4.31 Å². The summed E-state index contributed by atoms with van der Waals surface area (Å²) in [6.07, 6.45) is 1.00. The molecule has 0 saturated carbocycles. The Morgan fingerprint density at radius 1 is 1.27 bits per heavy atom. The van der Waals surface area contributed by atoms with Crippen LogP contribution in [-0.4, -0.2) is 60.5 Å². The van der Waals surface area contributed by atoms with Crippen molar-refractivity contribution in [1.82, 2.24) is 13.9 Å². The van der Waals surface area contributed by atoms with Crippen LogP contribution < -0.4 is 10.1 Å². The van der Waals surface area contributed by atoms with Crippen LogP contribution in [0.2, 0.25) is 5.02 Å². The van der Waals surface area contributed by atoms with Crippen molar-refractivity contribution in [1.29, 1.82) is 0 Å². The summed E-state index contributed by atoms with van der Waals surface area (Å²) in [6.45, 7) is 3.52. The zero-order chi connectivity index (χ0) is 24.3. The average molecular weight is 499 g/mol. The number of aromatic nitrogens is 2. The molecule has 33 heavy (non-hydrogen) atoms. The molecule has 1 amide bonds. The number of aryl methyl sites for hydroxylation is 2. The number of esters is 1. The van der Waals surface area contributed by atoms with E-state index in [4.69, 9.17) is 21.1 Å². The summed E-state index contributed by atoms with van der Waals surface area (Å²) in [4.78, 5) is 29.2. The topological polar surface area (TPSA) is 120 Å². The number of amides is 1. The largest absolute Gasteiger partial charge is 0.495 e. The molecule has 2 heterocycles. The van der Waals surface area contributed by atoms with E-state index in [0.717, 1.165) is 0 Å². The lowest BCUT2D eigenvalue weighted by atomic mass is 9.98. The third-order valence-corrected chi connectivity index (χ3v) is 7.56. The van der Waals surface area contributed by atoms with E-state index >= 15 is 0 Å². The van der Waals surface area contributed by atoms with Crippen molar-refractivity contribution in [2.75, 3.05) is 25.5 Å². The molecule has 1 saturated heterocycles. The number of piperidine rings is 1. The van der Waals surface area contributed by atoms with Crippen LogP contribution in [-0.2, 0) is 31.4 Å². The first-order valence-electron chi connectivity index (χ1n) is 10.4. The number of carbonyl (C=O) groups is 2. The van der Waals surface area contributed by atoms with Crippen LogP contribution in [0.15, 0.2) is 29.4 Å². The summed E-state index contributed by atoms with van der Waals surface area (Å²) >= 11 is 5.97. The summed E-state index contributed by atoms with van der Waals surface area (Å²) < 4.78 is 39.1. The lowest BCUT2D eigenvalue weighted by Gasteiger charge is -2.30. The molecule has 180 valence electrons. The molecule has 3 rings (SSSR count). The van der Waals surface area contributed by atoms with Crippen molar-refractivity contribution in [3.63, 3.8) is 0 Å². The highest BCUT2D eigenvalue weighted by Gasteiger charge is 2.35. The fraction of sp³-hybridized carbons (Fsp3) is 0.476. The molecule has 1 aliphatic rings. The second-order valence-corrected chi connectivity index (χ2v) is 10.1. The molecule has 1 aromatic heterocycles. The number of nitrogens with zero attached hydrogens (tertiary/aromatic N) is 3. The van der Waals surface area contributed by atoms with Gasteiger partial charge in [-0.05, 0) is 44.9 Å². The maximum atomic E-state index is 12.8. The van der Waals surface area contributed by atoms with Gasteiger partial charge >= 0.3 is 5.97 Å². The smallest absolute Gasteiger partial charge is 0.309 e. The normalized spacial score (nSPS) is 16.3. The van der Waals surface area contributed by atoms with Crippen LogP contribution in [0.3, 0.4) is 0 Å². The molecule has 0 spiro atoms. The predicted octanol–water partition coefficient (Wildman–Crippen LogP) is 2.36. The number of methoxy groups -OCH3 is 1. The molecule has 2 aromatic rings. The van der Waals surface area contributed by atoms with Crippen molar-refractivity contribution in [2.45, 2.75) is 37.8 Å². The molecule has 12 heteroatoms. The highest BCUT2D eigenvalue weighted by molar-refractivity contribution is 7.89. The van der Waals surface area contributed by atoms with Gasteiger partial charge in [0.1, 0.15) is 11.6 Å². The number of ether oxygens (including phenoxy) is 2. The maximum absolute atomic E-state index is 12.8. The Labute approximate surface area is 197 Å². The van der Waals surface area contributed by atoms with Gasteiger partial charge in [-0.3, -0.25) is 9.59 Å². The Morgan fingerprint density at radius 3 is 2.52 bits per heavy atom. The standard InChI is InChI=1S/C21H27ClN4O6S/c1-13(20(27)24-17-11-16(22)5-6-18(17)31-4)32-21(28)15-7-9-26(10-8-15)33(29,30)19-12-25(3)14(2)23-19/h5-6,11-13,15H,7-10H2,1-4H3,(H,24,27). The minimum Gasteiger partial charge on any atom is -0.495 e. The van der Waals surface area contributed by atoms with Crippen molar-refractivity contribution in [3.8, 4) is 5.75 Å². The minimum absolute atomic E-state index is 0.00902. The number of carbonyl (C=O) groups excluding carboxylic acids is 2. The first kappa shape index (κ1) is 25.0. The van der Waals surface area contributed by atoms with Gasteiger partial charge in [0, 0.05) is 31.4 Å². The molecule has 0 radical (unpaired) electrons. The fourth-order valence-electron chi connectivity index (χ4n) is 3.45. The maximum Gasteiger partial charge on any atom is 0.309 e. The first-order chi connectivity index (χ1) is 15.5. The first-order valence-corrected chi connectivity index (χ1v) is 12.2. The van der Waals surface area contributed by atoms with Gasteiger partial charge in [0.25, 0.3) is 15.9 Å². The molecule has 1 atom stereocenters. The van der Waals surface area contributed by atoms with E-state index in [1.54, 1.807) is 30.7 Å². The highest BCUT2D eigenvalue weighted by atomic mass is 35.5. The summed E-state index contributed by atoms with van der Waals surface area (Å²) in [7, 11) is -0.544. The molecular weight excluding hydrogens is 472 g/mol. The van der Waals surface area contributed by atoms with Crippen LogP contribution in [0.4, 0.5) is 5.69 Å². The minimum atomic E-state index is -3.73. The number of anilines is 1. The number of hydrogen-bond donors (Lipinski definition) is 1. The number of halogens is 1. The van der Waals surface area contributed by atoms with E-state index in [-0.39, 0.29) is 18.1 Å². The number of hydrogen-bond acceptors (Lipinski definition) is 7. The summed E-state index contributed by atoms with van der Waals surface area (Å²) in [6, 6.07) is 4.77. The van der Waals surface area contributed by atoms with Crippen molar-refractivity contribution >= 4 is 39.2 Å². The van der Waals surface area contributed by atoms with Gasteiger partial charge < -0.3 is 19.4 Å². The van der Waals surface area contributed by atoms with Gasteiger partial charge in [-0.25, -0.2) is 13.4 Å². The molecule has 1 aliphatic heterocycles. The Hall–Kier alpha value is -2.63. The Kier molecular flexibility index (Phi) is 7.65. The third kappa shape index (κ3) is 5.66. The van der Waals surface area contributed by atoms with Crippen LogP contribution in [0.1, 0.15) is 25.6 Å². The fourth-order valence-corrected chi connectivity index (χ4v) is 5.12.